The van der Waals surface area contributed by atoms with E-state index in [1.807, 2.05) is 36.1 Å². The van der Waals surface area contributed by atoms with Crippen LogP contribution in [0.1, 0.15) is 18.4 Å². The Morgan fingerprint density at radius 1 is 1.40 bits per heavy atom. The number of benzene rings is 1. The Labute approximate surface area is 120 Å². The number of carbonyl (C=O) groups is 1. The van der Waals surface area contributed by atoms with Gasteiger partial charge in [0.05, 0.1) is 12.5 Å². The summed E-state index contributed by atoms with van der Waals surface area (Å²) in [5, 5.41) is 0. The van der Waals surface area contributed by atoms with Crippen LogP contribution in [0.5, 0.6) is 0 Å². The number of nitrogens with zero attached hydrogens (tertiary/aromatic N) is 2. The molecule has 1 fully saturated rings. The van der Waals surface area contributed by atoms with Gasteiger partial charge in [0.1, 0.15) is 0 Å². The molecule has 0 aromatic heterocycles. The van der Waals surface area contributed by atoms with Crippen LogP contribution >= 0.6 is 0 Å². The molecule has 1 aromatic rings. The first-order chi connectivity index (χ1) is 9.61. The van der Waals surface area contributed by atoms with Crippen molar-refractivity contribution in [2.24, 2.45) is 0 Å². The molecule has 20 heavy (non-hydrogen) atoms. The highest BCUT2D eigenvalue weighted by Gasteiger charge is 2.25. The van der Waals surface area contributed by atoms with E-state index in [2.05, 4.69) is 10.8 Å². The quantitative estimate of drug-likeness (QED) is 0.663. The van der Waals surface area contributed by atoms with E-state index in [0.29, 0.717) is 12.2 Å². The van der Waals surface area contributed by atoms with Crippen molar-refractivity contribution >= 4 is 11.6 Å². The topological polar surface area (TPSA) is 49.6 Å². The van der Waals surface area contributed by atoms with Crippen LogP contribution in [0.2, 0.25) is 0 Å². The van der Waals surface area contributed by atoms with Gasteiger partial charge in [-0.15, -0.1) is 6.42 Å². The Balaban J connectivity index is 1.97. The van der Waals surface area contributed by atoms with Gasteiger partial charge in [0.25, 0.3) is 0 Å². The fourth-order valence-corrected chi connectivity index (χ4v) is 2.50. The zero-order chi connectivity index (χ0) is 14.5. The van der Waals surface area contributed by atoms with Gasteiger partial charge in [-0.25, -0.2) is 0 Å². The predicted octanol–water partition coefficient (Wildman–Crippen LogP) is 1.15. The highest BCUT2D eigenvalue weighted by molar-refractivity contribution is 5.83. The molecule has 0 radical (unpaired) electrons. The average Bonchev–Trinajstić information content (AvgIpc) is 2.47. The van der Waals surface area contributed by atoms with Crippen molar-refractivity contribution in [1.82, 2.24) is 9.80 Å². The molecule has 0 aliphatic carbocycles. The number of piperazine rings is 1. The number of terminal acetylenes is 1. The fourth-order valence-electron chi connectivity index (χ4n) is 2.50. The number of nitrogen functional groups attached to an aromatic ring is 1. The summed E-state index contributed by atoms with van der Waals surface area (Å²) in [5.41, 5.74) is 7.44. The molecule has 1 aliphatic heterocycles. The second kappa shape index (κ2) is 6.44. The number of anilines is 1. The summed E-state index contributed by atoms with van der Waals surface area (Å²) in [6.45, 7) is 5.78. The first-order valence-corrected chi connectivity index (χ1v) is 6.92. The normalized spacial score (nSPS) is 17.5. The maximum Gasteiger partial charge on any atom is 0.229 e. The van der Waals surface area contributed by atoms with E-state index < -0.39 is 0 Å². The number of rotatable bonds is 3. The second-order valence-corrected chi connectivity index (χ2v) is 5.20. The lowest BCUT2D eigenvalue weighted by atomic mass is 9.99. The molecular formula is C16H21N3O. The molecule has 1 unspecified atom stereocenters. The molecule has 2 rings (SSSR count). The predicted molar refractivity (Wildman–Crippen MR) is 81.1 cm³/mol. The van der Waals surface area contributed by atoms with E-state index in [4.69, 9.17) is 12.2 Å². The molecule has 1 heterocycles. The zero-order valence-electron chi connectivity index (χ0n) is 11.9. The van der Waals surface area contributed by atoms with E-state index in [1.54, 1.807) is 0 Å². The summed E-state index contributed by atoms with van der Waals surface area (Å²) in [6, 6.07) is 7.54. The maximum absolute atomic E-state index is 12.5. The van der Waals surface area contributed by atoms with Crippen molar-refractivity contribution in [2.75, 3.05) is 38.5 Å². The second-order valence-electron chi connectivity index (χ2n) is 5.20. The van der Waals surface area contributed by atoms with Crippen molar-refractivity contribution in [3.05, 3.63) is 29.8 Å². The van der Waals surface area contributed by atoms with Crippen LogP contribution < -0.4 is 5.73 Å². The SMILES string of the molecule is C#CCN1CCN(C(=O)C(C)c2cccc(N)c2)CC1. The molecule has 4 heteroatoms. The molecule has 0 spiro atoms. The Morgan fingerprint density at radius 3 is 2.70 bits per heavy atom. The lowest BCUT2D eigenvalue weighted by molar-refractivity contribution is -0.134. The van der Waals surface area contributed by atoms with Gasteiger partial charge >= 0.3 is 0 Å². The van der Waals surface area contributed by atoms with E-state index in [-0.39, 0.29) is 11.8 Å². The third kappa shape index (κ3) is 3.31. The number of hydrogen-bond donors (Lipinski definition) is 1. The Kier molecular flexibility index (Phi) is 4.65. The molecule has 2 N–H and O–H groups in total. The molecule has 0 bridgehead atoms. The first kappa shape index (κ1) is 14.4. The van der Waals surface area contributed by atoms with Crippen LogP contribution in [0.15, 0.2) is 24.3 Å². The van der Waals surface area contributed by atoms with Crippen LogP contribution in [0, 0.1) is 12.3 Å². The number of amides is 1. The zero-order valence-corrected chi connectivity index (χ0v) is 11.9. The van der Waals surface area contributed by atoms with Crippen LogP contribution in [0.3, 0.4) is 0 Å². The van der Waals surface area contributed by atoms with E-state index in [0.717, 1.165) is 31.7 Å². The molecule has 106 valence electrons. The maximum atomic E-state index is 12.5. The molecule has 1 atom stereocenters. The number of hydrogen-bond acceptors (Lipinski definition) is 3. The number of carbonyl (C=O) groups excluding carboxylic acids is 1. The van der Waals surface area contributed by atoms with E-state index in [9.17, 15) is 4.79 Å². The lowest BCUT2D eigenvalue weighted by Gasteiger charge is -2.35. The van der Waals surface area contributed by atoms with Crippen LogP contribution in [-0.4, -0.2) is 48.4 Å². The van der Waals surface area contributed by atoms with Gasteiger partial charge < -0.3 is 10.6 Å². The third-order valence-corrected chi connectivity index (χ3v) is 3.78. The van der Waals surface area contributed by atoms with Gasteiger partial charge in [-0.2, -0.15) is 0 Å². The molecule has 0 saturated carbocycles. The summed E-state index contributed by atoms with van der Waals surface area (Å²) in [5.74, 6) is 2.65. The molecule has 4 nitrogen and oxygen atoms in total. The average molecular weight is 271 g/mol. The minimum atomic E-state index is -0.155. The lowest BCUT2D eigenvalue weighted by Crippen LogP contribution is -2.49. The van der Waals surface area contributed by atoms with Crippen molar-refractivity contribution in [1.29, 1.82) is 0 Å². The molecule has 1 saturated heterocycles. The van der Waals surface area contributed by atoms with Crippen molar-refractivity contribution in [3.63, 3.8) is 0 Å². The Bertz CT molecular complexity index is 513. The Hall–Kier alpha value is -1.99. The largest absolute Gasteiger partial charge is 0.399 e. The molecule has 1 amide bonds. The molecule has 1 aliphatic rings. The third-order valence-electron chi connectivity index (χ3n) is 3.78. The summed E-state index contributed by atoms with van der Waals surface area (Å²) in [6.07, 6.45) is 5.31. The van der Waals surface area contributed by atoms with Crippen LogP contribution in [0.25, 0.3) is 0 Å². The van der Waals surface area contributed by atoms with Gasteiger partial charge in [-0.3, -0.25) is 9.69 Å². The van der Waals surface area contributed by atoms with Crippen molar-refractivity contribution in [3.8, 4) is 12.3 Å². The van der Waals surface area contributed by atoms with E-state index in [1.165, 1.54) is 0 Å². The van der Waals surface area contributed by atoms with Gasteiger partial charge in [-0.1, -0.05) is 18.1 Å². The first-order valence-electron chi connectivity index (χ1n) is 6.92. The minimum Gasteiger partial charge on any atom is -0.399 e. The highest BCUT2D eigenvalue weighted by Crippen LogP contribution is 2.20. The summed E-state index contributed by atoms with van der Waals surface area (Å²) in [7, 11) is 0. The smallest absolute Gasteiger partial charge is 0.229 e. The van der Waals surface area contributed by atoms with E-state index >= 15 is 0 Å². The summed E-state index contributed by atoms with van der Waals surface area (Å²) >= 11 is 0. The fraction of sp³-hybridized carbons (Fsp3) is 0.438. The number of nitrogens with two attached hydrogens (primary N) is 1. The summed E-state index contributed by atoms with van der Waals surface area (Å²) in [4.78, 5) is 16.6. The van der Waals surface area contributed by atoms with Gasteiger partial charge in [0.15, 0.2) is 0 Å². The molecule has 1 aromatic carbocycles. The highest BCUT2D eigenvalue weighted by atomic mass is 16.2. The van der Waals surface area contributed by atoms with Gasteiger partial charge in [0, 0.05) is 31.9 Å². The monoisotopic (exact) mass is 271 g/mol. The standard InChI is InChI=1S/C16H21N3O/c1-3-7-18-8-10-19(11-9-18)16(20)13(2)14-5-4-6-15(17)12-14/h1,4-6,12-13H,7-11,17H2,2H3. The van der Waals surface area contributed by atoms with Gasteiger partial charge in [-0.05, 0) is 24.6 Å². The van der Waals surface area contributed by atoms with Crippen LogP contribution in [0.4, 0.5) is 5.69 Å². The van der Waals surface area contributed by atoms with Gasteiger partial charge in [0.2, 0.25) is 5.91 Å². The van der Waals surface area contributed by atoms with Crippen molar-refractivity contribution in [2.45, 2.75) is 12.8 Å². The minimum absolute atomic E-state index is 0.155. The Morgan fingerprint density at radius 2 is 2.10 bits per heavy atom. The van der Waals surface area contributed by atoms with Crippen LogP contribution in [-0.2, 0) is 4.79 Å². The van der Waals surface area contributed by atoms with Crippen molar-refractivity contribution < 1.29 is 4.79 Å². The molecular weight excluding hydrogens is 250 g/mol. The summed E-state index contributed by atoms with van der Waals surface area (Å²) < 4.78 is 0.